The van der Waals surface area contributed by atoms with Gasteiger partial charge in [0.05, 0.1) is 15.9 Å². The lowest BCUT2D eigenvalue weighted by atomic mass is 9.92. The Kier molecular flexibility index (Phi) is 3.17. The van der Waals surface area contributed by atoms with Gasteiger partial charge in [-0.2, -0.15) is 0 Å². The second-order valence-corrected chi connectivity index (χ2v) is 5.25. The monoisotopic (exact) mass is 305 g/mol. The molecule has 7 heteroatoms. The smallest absolute Gasteiger partial charge is 0.280 e. The molecular formula is C14H12ClN3O3. The van der Waals surface area contributed by atoms with Crippen LogP contribution in [0.2, 0.25) is 0 Å². The minimum Gasteiger partial charge on any atom is -0.384 e. The standard InChI is InChI=1S/C14H12ClN3O3/c15-5-7-6-17-10-4-11(18(20)21)13-8(12(7)10)2-1-3-9(13)14(16)19/h1-4,7,17H,5-6H2,(H2,16,19). The first-order chi connectivity index (χ1) is 10.0. The lowest BCUT2D eigenvalue weighted by Gasteiger charge is -2.12. The van der Waals surface area contributed by atoms with Crippen molar-refractivity contribution in [1.82, 2.24) is 0 Å². The average molecular weight is 306 g/mol. The predicted molar refractivity (Wildman–Crippen MR) is 81.1 cm³/mol. The van der Waals surface area contributed by atoms with Crippen LogP contribution in [0.5, 0.6) is 0 Å². The minimum atomic E-state index is -0.683. The highest BCUT2D eigenvalue weighted by Crippen LogP contribution is 2.43. The Hall–Kier alpha value is -2.34. The highest BCUT2D eigenvalue weighted by atomic mass is 35.5. The molecule has 0 fully saturated rings. The Balaban J connectivity index is 2.46. The zero-order valence-electron chi connectivity index (χ0n) is 10.9. The van der Waals surface area contributed by atoms with Crippen molar-refractivity contribution in [2.75, 3.05) is 17.7 Å². The van der Waals surface area contributed by atoms with Crippen LogP contribution >= 0.6 is 11.6 Å². The Bertz CT molecular complexity index is 776. The number of primary amides is 1. The fraction of sp³-hybridized carbons (Fsp3) is 0.214. The van der Waals surface area contributed by atoms with E-state index in [4.69, 9.17) is 17.3 Å². The molecule has 0 aliphatic carbocycles. The molecule has 2 aromatic carbocycles. The number of nitrogens with one attached hydrogen (secondary N) is 1. The Morgan fingerprint density at radius 1 is 1.52 bits per heavy atom. The summed E-state index contributed by atoms with van der Waals surface area (Å²) in [6, 6.07) is 6.40. The number of carbonyl (C=O) groups excluding carboxylic acids is 1. The van der Waals surface area contributed by atoms with E-state index < -0.39 is 10.8 Å². The SMILES string of the molecule is NC(=O)c1cccc2c3c(cc([N+](=O)[O-])c12)NCC3CCl. The van der Waals surface area contributed by atoms with Crippen LogP contribution < -0.4 is 11.1 Å². The molecule has 108 valence electrons. The molecule has 0 saturated heterocycles. The molecule has 0 radical (unpaired) electrons. The van der Waals surface area contributed by atoms with E-state index in [0.717, 1.165) is 5.56 Å². The Morgan fingerprint density at radius 2 is 2.29 bits per heavy atom. The van der Waals surface area contributed by atoms with E-state index >= 15 is 0 Å². The molecule has 1 aliphatic heterocycles. The highest BCUT2D eigenvalue weighted by Gasteiger charge is 2.30. The fourth-order valence-electron chi connectivity index (χ4n) is 2.89. The maximum absolute atomic E-state index is 11.6. The van der Waals surface area contributed by atoms with Gasteiger partial charge in [-0.1, -0.05) is 12.1 Å². The maximum atomic E-state index is 11.6. The van der Waals surface area contributed by atoms with Gasteiger partial charge in [-0.15, -0.1) is 11.6 Å². The molecule has 1 aliphatic rings. The molecule has 3 N–H and O–H groups in total. The third kappa shape index (κ3) is 1.99. The summed E-state index contributed by atoms with van der Waals surface area (Å²) in [4.78, 5) is 22.4. The number of anilines is 1. The number of benzene rings is 2. The number of nitro benzene ring substituents is 1. The average Bonchev–Trinajstić information content (AvgIpc) is 2.88. The molecule has 1 heterocycles. The lowest BCUT2D eigenvalue weighted by Crippen LogP contribution is -2.12. The van der Waals surface area contributed by atoms with Crippen LogP contribution in [0.4, 0.5) is 11.4 Å². The maximum Gasteiger partial charge on any atom is 0.280 e. The summed E-state index contributed by atoms with van der Waals surface area (Å²) in [5, 5.41) is 15.4. The van der Waals surface area contributed by atoms with Crippen molar-refractivity contribution in [1.29, 1.82) is 0 Å². The van der Waals surface area contributed by atoms with Crippen molar-refractivity contribution in [2.24, 2.45) is 5.73 Å². The van der Waals surface area contributed by atoms with Gasteiger partial charge in [0.25, 0.3) is 5.69 Å². The number of fused-ring (bicyclic) bond motifs is 3. The van der Waals surface area contributed by atoms with Crippen molar-refractivity contribution < 1.29 is 9.72 Å². The summed E-state index contributed by atoms with van der Waals surface area (Å²) in [6.45, 7) is 0.621. The molecule has 1 unspecified atom stereocenters. The van der Waals surface area contributed by atoms with Crippen LogP contribution in [-0.4, -0.2) is 23.3 Å². The molecule has 0 saturated carbocycles. The summed E-state index contributed by atoms with van der Waals surface area (Å²) >= 11 is 5.98. The van der Waals surface area contributed by atoms with Gasteiger partial charge in [-0.25, -0.2) is 0 Å². The van der Waals surface area contributed by atoms with Gasteiger partial charge >= 0.3 is 0 Å². The number of nitrogens with zero attached hydrogens (tertiary/aromatic N) is 1. The van der Waals surface area contributed by atoms with Crippen molar-refractivity contribution in [3.63, 3.8) is 0 Å². The van der Waals surface area contributed by atoms with Crippen LogP contribution in [0.3, 0.4) is 0 Å². The molecule has 0 aromatic heterocycles. The largest absolute Gasteiger partial charge is 0.384 e. The van der Waals surface area contributed by atoms with Crippen LogP contribution in [0.25, 0.3) is 10.8 Å². The van der Waals surface area contributed by atoms with Crippen molar-refractivity contribution in [3.8, 4) is 0 Å². The summed E-state index contributed by atoms with van der Waals surface area (Å²) in [5.74, 6) is -0.238. The van der Waals surface area contributed by atoms with Gasteiger partial charge in [-0.3, -0.25) is 14.9 Å². The first-order valence-electron chi connectivity index (χ1n) is 6.38. The van der Waals surface area contributed by atoms with Gasteiger partial charge in [-0.05, 0) is 17.0 Å². The van der Waals surface area contributed by atoms with Gasteiger partial charge in [0.2, 0.25) is 5.91 Å². The number of non-ortho nitro benzene ring substituents is 1. The molecule has 21 heavy (non-hydrogen) atoms. The predicted octanol–water partition coefficient (Wildman–Crippen LogP) is 2.59. The fourth-order valence-corrected chi connectivity index (χ4v) is 3.15. The zero-order chi connectivity index (χ0) is 15.1. The number of nitrogens with two attached hydrogens (primary N) is 1. The first kappa shape index (κ1) is 13.6. The van der Waals surface area contributed by atoms with E-state index in [2.05, 4.69) is 5.32 Å². The molecule has 0 spiro atoms. The van der Waals surface area contributed by atoms with E-state index in [1.54, 1.807) is 12.1 Å². The van der Waals surface area contributed by atoms with Gasteiger partial charge in [0, 0.05) is 30.1 Å². The number of hydrogen-bond acceptors (Lipinski definition) is 4. The topological polar surface area (TPSA) is 98.3 Å². The van der Waals surface area contributed by atoms with E-state index in [1.807, 2.05) is 0 Å². The van der Waals surface area contributed by atoms with E-state index in [-0.39, 0.29) is 22.6 Å². The third-order valence-corrected chi connectivity index (χ3v) is 4.15. The van der Waals surface area contributed by atoms with E-state index in [9.17, 15) is 14.9 Å². The number of hydrogen-bond donors (Lipinski definition) is 2. The Morgan fingerprint density at radius 3 is 2.90 bits per heavy atom. The molecule has 2 aromatic rings. The molecule has 1 amide bonds. The zero-order valence-corrected chi connectivity index (χ0v) is 11.7. The van der Waals surface area contributed by atoms with E-state index in [0.29, 0.717) is 23.5 Å². The number of halogens is 1. The van der Waals surface area contributed by atoms with Crippen LogP contribution in [-0.2, 0) is 0 Å². The second kappa shape index (κ2) is 4.89. The first-order valence-corrected chi connectivity index (χ1v) is 6.91. The molecule has 3 rings (SSSR count). The minimum absolute atomic E-state index is 0.0492. The van der Waals surface area contributed by atoms with Gasteiger partial charge in [0.15, 0.2) is 0 Å². The number of carbonyl (C=O) groups is 1. The normalized spacial score (nSPS) is 16.5. The molecular weight excluding hydrogens is 294 g/mol. The van der Waals surface area contributed by atoms with Gasteiger partial charge in [0.1, 0.15) is 0 Å². The number of amides is 1. The number of rotatable bonds is 3. The van der Waals surface area contributed by atoms with Crippen LogP contribution in [0, 0.1) is 10.1 Å². The van der Waals surface area contributed by atoms with E-state index in [1.165, 1.54) is 12.1 Å². The van der Waals surface area contributed by atoms with Crippen LogP contribution in [0.1, 0.15) is 21.8 Å². The summed E-state index contributed by atoms with van der Waals surface area (Å²) in [7, 11) is 0. The Labute approximate surface area is 125 Å². The molecule has 0 bridgehead atoms. The lowest BCUT2D eigenvalue weighted by molar-refractivity contribution is -0.383. The highest BCUT2D eigenvalue weighted by molar-refractivity contribution is 6.19. The summed E-state index contributed by atoms with van der Waals surface area (Å²) in [6.07, 6.45) is 0. The van der Waals surface area contributed by atoms with Gasteiger partial charge < -0.3 is 11.1 Å². The number of alkyl halides is 1. The van der Waals surface area contributed by atoms with Crippen LogP contribution in [0.15, 0.2) is 24.3 Å². The third-order valence-electron chi connectivity index (χ3n) is 3.78. The second-order valence-electron chi connectivity index (χ2n) is 4.94. The molecule has 6 nitrogen and oxygen atoms in total. The number of nitro groups is 1. The quantitative estimate of drug-likeness (QED) is 0.517. The van der Waals surface area contributed by atoms with Crippen molar-refractivity contribution in [2.45, 2.75) is 5.92 Å². The summed E-state index contributed by atoms with van der Waals surface area (Å²) in [5.41, 5.74) is 7.00. The summed E-state index contributed by atoms with van der Waals surface area (Å²) < 4.78 is 0. The van der Waals surface area contributed by atoms with Crippen molar-refractivity contribution >= 4 is 39.7 Å². The molecule has 1 atom stereocenters. The van der Waals surface area contributed by atoms with Crippen molar-refractivity contribution in [3.05, 3.63) is 45.5 Å².